The number of amides is 2. The van der Waals surface area contributed by atoms with Gasteiger partial charge in [0.05, 0.1) is 12.7 Å². The van der Waals surface area contributed by atoms with Crippen LogP contribution in [-0.2, 0) is 4.79 Å². The first-order valence-corrected chi connectivity index (χ1v) is 8.48. The van der Waals surface area contributed by atoms with Gasteiger partial charge in [-0.3, -0.25) is 9.59 Å². The van der Waals surface area contributed by atoms with Gasteiger partial charge in [0.25, 0.3) is 5.91 Å². The van der Waals surface area contributed by atoms with Gasteiger partial charge in [-0.2, -0.15) is 0 Å². The molecule has 140 valence electrons. The first kappa shape index (κ1) is 18.4. The van der Waals surface area contributed by atoms with Crippen LogP contribution in [0.1, 0.15) is 27.1 Å². The molecular formula is C20H20N2O5. The zero-order valence-electron chi connectivity index (χ0n) is 15.1. The standard InChI is InChI=1S/C20H20N2O5/c1-22-9-8-16(19(22)24)21-18(23)13-5-3-4-12(10-13)15-7-6-14(20(25)26)11-17(15)27-2/h3-7,10-11,16H,8-9H2,1-2H3,(H,21,23)(H,25,26)/t16-/m1/s1. The Morgan fingerprint density at radius 3 is 2.59 bits per heavy atom. The first-order chi connectivity index (χ1) is 12.9. The van der Waals surface area contributed by atoms with E-state index in [-0.39, 0.29) is 17.4 Å². The molecule has 0 bridgehead atoms. The lowest BCUT2D eigenvalue weighted by atomic mass is 10.00. The number of hydrogen-bond donors (Lipinski definition) is 2. The lowest BCUT2D eigenvalue weighted by Crippen LogP contribution is -2.40. The Labute approximate surface area is 156 Å². The number of carbonyl (C=O) groups excluding carboxylic acids is 2. The number of likely N-dealkylation sites (N-methyl/N-ethyl adjacent to an activating group) is 1. The molecule has 1 fully saturated rings. The number of carboxylic acids is 1. The van der Waals surface area contributed by atoms with E-state index in [1.54, 1.807) is 36.2 Å². The van der Waals surface area contributed by atoms with E-state index in [1.165, 1.54) is 19.2 Å². The molecule has 1 aliphatic rings. The number of methoxy groups -OCH3 is 1. The molecule has 1 atom stereocenters. The van der Waals surface area contributed by atoms with Crippen molar-refractivity contribution in [3.05, 3.63) is 53.6 Å². The summed E-state index contributed by atoms with van der Waals surface area (Å²) in [5, 5.41) is 11.9. The Hall–Kier alpha value is -3.35. The molecule has 7 heteroatoms. The van der Waals surface area contributed by atoms with E-state index in [2.05, 4.69) is 5.32 Å². The second kappa shape index (κ2) is 7.49. The van der Waals surface area contributed by atoms with E-state index in [0.29, 0.717) is 35.4 Å². The molecule has 1 heterocycles. The average Bonchev–Trinajstić information content (AvgIpc) is 2.99. The fraction of sp³-hybridized carbons (Fsp3) is 0.250. The second-order valence-electron chi connectivity index (χ2n) is 6.38. The van der Waals surface area contributed by atoms with E-state index in [4.69, 9.17) is 9.84 Å². The van der Waals surface area contributed by atoms with Crippen molar-refractivity contribution in [2.75, 3.05) is 20.7 Å². The van der Waals surface area contributed by atoms with Gasteiger partial charge in [0, 0.05) is 24.7 Å². The Balaban J connectivity index is 1.86. The highest BCUT2D eigenvalue weighted by Crippen LogP contribution is 2.31. The molecule has 0 aliphatic carbocycles. The number of aromatic carboxylic acids is 1. The normalized spacial score (nSPS) is 16.3. The summed E-state index contributed by atoms with van der Waals surface area (Å²) in [7, 11) is 3.17. The van der Waals surface area contributed by atoms with Crippen molar-refractivity contribution < 1.29 is 24.2 Å². The van der Waals surface area contributed by atoms with Gasteiger partial charge in [-0.1, -0.05) is 12.1 Å². The predicted octanol–water partition coefficient (Wildman–Crippen LogP) is 2.02. The van der Waals surface area contributed by atoms with Gasteiger partial charge >= 0.3 is 5.97 Å². The summed E-state index contributed by atoms with van der Waals surface area (Å²) in [6.45, 7) is 0.622. The monoisotopic (exact) mass is 368 g/mol. The van der Waals surface area contributed by atoms with Crippen molar-refractivity contribution in [1.29, 1.82) is 0 Å². The van der Waals surface area contributed by atoms with Gasteiger partial charge in [-0.25, -0.2) is 4.79 Å². The van der Waals surface area contributed by atoms with Crippen molar-refractivity contribution in [2.45, 2.75) is 12.5 Å². The Morgan fingerprint density at radius 2 is 1.96 bits per heavy atom. The van der Waals surface area contributed by atoms with Crippen LogP contribution in [0.5, 0.6) is 5.75 Å². The van der Waals surface area contributed by atoms with E-state index < -0.39 is 12.0 Å². The van der Waals surface area contributed by atoms with Crippen LogP contribution in [0.15, 0.2) is 42.5 Å². The summed E-state index contributed by atoms with van der Waals surface area (Å²) in [4.78, 5) is 37.2. The fourth-order valence-electron chi connectivity index (χ4n) is 3.09. The van der Waals surface area contributed by atoms with E-state index >= 15 is 0 Å². The summed E-state index contributed by atoms with van der Waals surface area (Å²) >= 11 is 0. The van der Waals surface area contributed by atoms with Crippen LogP contribution >= 0.6 is 0 Å². The van der Waals surface area contributed by atoms with Gasteiger partial charge < -0.3 is 20.1 Å². The molecule has 1 saturated heterocycles. The van der Waals surface area contributed by atoms with Crippen molar-refractivity contribution >= 4 is 17.8 Å². The number of likely N-dealkylation sites (tertiary alicyclic amines) is 1. The SMILES string of the molecule is COc1cc(C(=O)O)ccc1-c1cccc(C(=O)N[C@@H]2CCN(C)C2=O)c1. The smallest absolute Gasteiger partial charge is 0.335 e. The highest BCUT2D eigenvalue weighted by molar-refractivity contribution is 5.99. The predicted molar refractivity (Wildman–Crippen MR) is 98.9 cm³/mol. The third-order valence-corrected chi connectivity index (χ3v) is 4.62. The molecular weight excluding hydrogens is 348 g/mol. The van der Waals surface area contributed by atoms with Crippen molar-refractivity contribution in [3.8, 4) is 16.9 Å². The van der Waals surface area contributed by atoms with Gasteiger partial charge in [-0.15, -0.1) is 0 Å². The van der Waals surface area contributed by atoms with Gasteiger partial charge in [-0.05, 0) is 42.3 Å². The van der Waals surface area contributed by atoms with E-state index in [0.717, 1.165) is 0 Å². The number of carbonyl (C=O) groups is 3. The third kappa shape index (κ3) is 3.76. The summed E-state index contributed by atoms with van der Waals surface area (Å²) in [6.07, 6.45) is 0.589. The Morgan fingerprint density at radius 1 is 1.19 bits per heavy atom. The largest absolute Gasteiger partial charge is 0.496 e. The quantitative estimate of drug-likeness (QED) is 0.842. The summed E-state index contributed by atoms with van der Waals surface area (Å²) < 4.78 is 5.31. The van der Waals surface area contributed by atoms with E-state index in [1.807, 2.05) is 6.07 Å². The lowest BCUT2D eigenvalue weighted by Gasteiger charge is -2.14. The molecule has 2 aromatic rings. The highest BCUT2D eigenvalue weighted by Gasteiger charge is 2.30. The fourth-order valence-corrected chi connectivity index (χ4v) is 3.09. The topological polar surface area (TPSA) is 95.9 Å². The van der Waals surface area contributed by atoms with E-state index in [9.17, 15) is 14.4 Å². The number of benzene rings is 2. The molecule has 3 rings (SSSR count). The molecule has 0 spiro atoms. The zero-order valence-corrected chi connectivity index (χ0v) is 15.1. The van der Waals surface area contributed by atoms with Crippen LogP contribution in [0, 0.1) is 0 Å². The maximum absolute atomic E-state index is 12.5. The third-order valence-electron chi connectivity index (χ3n) is 4.62. The van der Waals surface area contributed by atoms with Gasteiger partial charge in [0.1, 0.15) is 11.8 Å². The van der Waals surface area contributed by atoms with Crippen LogP contribution in [0.4, 0.5) is 0 Å². The zero-order chi connectivity index (χ0) is 19.6. The van der Waals surface area contributed by atoms with Crippen LogP contribution in [-0.4, -0.2) is 54.5 Å². The lowest BCUT2D eigenvalue weighted by molar-refractivity contribution is -0.128. The van der Waals surface area contributed by atoms with Crippen LogP contribution in [0.2, 0.25) is 0 Å². The molecule has 7 nitrogen and oxygen atoms in total. The molecule has 0 radical (unpaired) electrons. The van der Waals surface area contributed by atoms with Gasteiger partial charge in [0.15, 0.2) is 0 Å². The average molecular weight is 368 g/mol. The molecule has 0 aromatic heterocycles. The number of nitrogens with one attached hydrogen (secondary N) is 1. The van der Waals surface area contributed by atoms with Crippen LogP contribution < -0.4 is 10.1 Å². The van der Waals surface area contributed by atoms with Crippen molar-refractivity contribution in [2.24, 2.45) is 0 Å². The van der Waals surface area contributed by atoms with Crippen molar-refractivity contribution in [3.63, 3.8) is 0 Å². The molecule has 0 saturated carbocycles. The summed E-state index contributed by atoms with van der Waals surface area (Å²) in [6, 6.07) is 11.0. The maximum Gasteiger partial charge on any atom is 0.335 e. The molecule has 2 N–H and O–H groups in total. The minimum Gasteiger partial charge on any atom is -0.496 e. The van der Waals surface area contributed by atoms with Gasteiger partial charge in [0.2, 0.25) is 5.91 Å². The van der Waals surface area contributed by atoms with Crippen LogP contribution in [0.25, 0.3) is 11.1 Å². The molecule has 1 aliphatic heterocycles. The van der Waals surface area contributed by atoms with Crippen molar-refractivity contribution in [1.82, 2.24) is 10.2 Å². The minimum atomic E-state index is -1.04. The Bertz CT molecular complexity index is 909. The second-order valence-corrected chi connectivity index (χ2v) is 6.38. The summed E-state index contributed by atoms with van der Waals surface area (Å²) in [5.41, 5.74) is 1.92. The molecule has 2 amide bonds. The molecule has 0 unspecified atom stereocenters. The first-order valence-electron chi connectivity index (χ1n) is 8.48. The number of ether oxygens (including phenoxy) is 1. The molecule has 27 heavy (non-hydrogen) atoms. The molecule has 2 aromatic carbocycles. The number of carboxylic acid groups (broad SMARTS) is 1. The Kier molecular flexibility index (Phi) is 5.12. The van der Waals surface area contributed by atoms with Crippen LogP contribution in [0.3, 0.4) is 0 Å². The number of nitrogens with zero attached hydrogens (tertiary/aromatic N) is 1. The maximum atomic E-state index is 12.5. The minimum absolute atomic E-state index is 0.0922. The summed E-state index contributed by atoms with van der Waals surface area (Å²) in [5.74, 6) is -1.06. The number of rotatable bonds is 5. The number of hydrogen-bond acceptors (Lipinski definition) is 4. The highest BCUT2D eigenvalue weighted by atomic mass is 16.5.